The van der Waals surface area contributed by atoms with E-state index in [1.807, 2.05) is 0 Å². The molecule has 0 amide bonds. The average molecular weight is 504 g/mol. The number of sulfonamides is 1. The fraction of sp³-hybridized carbons (Fsp3) is 0.0588. The third-order valence-corrected chi connectivity index (χ3v) is 6.07. The molecule has 3 aromatic heterocycles. The van der Waals surface area contributed by atoms with Crippen LogP contribution in [0, 0.1) is 0 Å². The number of hydrogen-bond acceptors (Lipinski definition) is 6. The summed E-state index contributed by atoms with van der Waals surface area (Å²) in [5, 5.41) is 13.7. The van der Waals surface area contributed by atoms with Crippen LogP contribution in [-0.2, 0) is 16.2 Å². The van der Waals surface area contributed by atoms with E-state index < -0.39 is 31.7 Å². The van der Waals surface area contributed by atoms with Gasteiger partial charge in [0.05, 0.1) is 38.1 Å². The lowest BCUT2D eigenvalue weighted by molar-refractivity contribution is -0.137. The van der Waals surface area contributed by atoms with Crippen molar-refractivity contribution in [2.24, 2.45) is 0 Å². The Hall–Kier alpha value is -3.16. The SMILES string of the molecule is O=S(=O)(Nc1cc(Cl)cnc1-c1nncn1-c1cn[nH]c1)c1ccc(Cl)c(C(F)(F)F)c1. The van der Waals surface area contributed by atoms with Crippen LogP contribution in [0.25, 0.3) is 17.2 Å². The van der Waals surface area contributed by atoms with Gasteiger partial charge < -0.3 is 0 Å². The van der Waals surface area contributed by atoms with Crippen molar-refractivity contribution in [2.45, 2.75) is 11.1 Å². The van der Waals surface area contributed by atoms with Gasteiger partial charge in [0.15, 0.2) is 5.82 Å². The normalized spacial score (nSPS) is 12.2. The molecule has 0 radical (unpaired) electrons. The molecular weight excluding hydrogens is 494 g/mol. The molecule has 0 aliphatic rings. The first kappa shape index (κ1) is 22.0. The smallest absolute Gasteiger partial charge is 0.284 e. The van der Waals surface area contributed by atoms with Gasteiger partial charge in [-0.3, -0.25) is 14.4 Å². The number of pyridine rings is 1. The molecule has 0 aliphatic heterocycles. The van der Waals surface area contributed by atoms with Crippen LogP contribution < -0.4 is 4.72 Å². The molecule has 0 aliphatic carbocycles. The van der Waals surface area contributed by atoms with Crippen molar-refractivity contribution < 1.29 is 21.6 Å². The summed E-state index contributed by atoms with van der Waals surface area (Å²) in [6, 6.07) is 3.49. The molecular formula is C17H10Cl2F3N7O2S. The van der Waals surface area contributed by atoms with Gasteiger partial charge in [-0.05, 0) is 24.3 Å². The van der Waals surface area contributed by atoms with E-state index in [-0.39, 0.29) is 22.2 Å². The van der Waals surface area contributed by atoms with Gasteiger partial charge in [0.25, 0.3) is 10.0 Å². The summed E-state index contributed by atoms with van der Waals surface area (Å²) < 4.78 is 69.0. The summed E-state index contributed by atoms with van der Waals surface area (Å²) in [5.74, 6) is 0.132. The Bertz CT molecular complexity index is 1390. The summed E-state index contributed by atoms with van der Waals surface area (Å²) in [6.45, 7) is 0. The molecule has 0 spiro atoms. The van der Waals surface area contributed by atoms with Crippen molar-refractivity contribution in [3.63, 3.8) is 0 Å². The molecule has 166 valence electrons. The van der Waals surface area contributed by atoms with E-state index >= 15 is 0 Å². The number of nitrogens with one attached hydrogen (secondary N) is 2. The van der Waals surface area contributed by atoms with Gasteiger partial charge in [0.1, 0.15) is 12.0 Å². The Morgan fingerprint density at radius 2 is 1.91 bits per heavy atom. The monoisotopic (exact) mass is 503 g/mol. The summed E-state index contributed by atoms with van der Waals surface area (Å²) >= 11 is 11.6. The number of H-pyrrole nitrogens is 1. The van der Waals surface area contributed by atoms with Gasteiger partial charge in [-0.2, -0.15) is 18.3 Å². The van der Waals surface area contributed by atoms with Crippen LogP contribution in [0.3, 0.4) is 0 Å². The van der Waals surface area contributed by atoms with Crippen molar-refractivity contribution in [1.29, 1.82) is 0 Å². The van der Waals surface area contributed by atoms with Crippen LogP contribution in [0.5, 0.6) is 0 Å². The molecule has 2 N–H and O–H groups in total. The number of rotatable bonds is 5. The highest BCUT2D eigenvalue weighted by Gasteiger charge is 2.34. The average Bonchev–Trinajstić information content (AvgIpc) is 3.38. The van der Waals surface area contributed by atoms with Crippen LogP contribution in [0.4, 0.5) is 18.9 Å². The second-order valence-corrected chi connectivity index (χ2v) is 8.80. The molecule has 32 heavy (non-hydrogen) atoms. The third-order valence-electron chi connectivity index (χ3n) is 4.17. The van der Waals surface area contributed by atoms with Crippen molar-refractivity contribution in [1.82, 2.24) is 29.9 Å². The highest BCUT2D eigenvalue weighted by atomic mass is 35.5. The summed E-state index contributed by atoms with van der Waals surface area (Å²) in [7, 11) is -4.49. The van der Waals surface area contributed by atoms with Crippen LogP contribution in [0.2, 0.25) is 10.0 Å². The van der Waals surface area contributed by atoms with Gasteiger partial charge >= 0.3 is 6.18 Å². The summed E-state index contributed by atoms with van der Waals surface area (Å²) in [6.07, 6.45) is 0.779. The van der Waals surface area contributed by atoms with E-state index in [0.717, 1.165) is 12.1 Å². The molecule has 4 aromatic rings. The third kappa shape index (κ3) is 4.26. The molecule has 0 unspecified atom stereocenters. The first-order valence-electron chi connectivity index (χ1n) is 8.51. The van der Waals surface area contributed by atoms with E-state index in [2.05, 4.69) is 30.1 Å². The maximum Gasteiger partial charge on any atom is 0.417 e. The minimum Gasteiger partial charge on any atom is -0.284 e. The van der Waals surface area contributed by atoms with E-state index in [9.17, 15) is 21.6 Å². The van der Waals surface area contributed by atoms with Crippen molar-refractivity contribution >= 4 is 38.9 Å². The molecule has 3 heterocycles. The second kappa shape index (κ2) is 8.07. The Morgan fingerprint density at radius 1 is 1.12 bits per heavy atom. The maximum absolute atomic E-state index is 13.2. The van der Waals surface area contributed by atoms with Crippen LogP contribution in [0.15, 0.2) is 54.1 Å². The Kier molecular flexibility index (Phi) is 5.56. The molecule has 4 rings (SSSR count). The lowest BCUT2D eigenvalue weighted by atomic mass is 10.2. The zero-order valence-electron chi connectivity index (χ0n) is 15.5. The number of alkyl halides is 3. The summed E-state index contributed by atoms with van der Waals surface area (Å²) in [4.78, 5) is 3.47. The Balaban J connectivity index is 1.79. The number of anilines is 1. The maximum atomic E-state index is 13.2. The first-order chi connectivity index (χ1) is 15.1. The van der Waals surface area contributed by atoms with Gasteiger partial charge in [0.2, 0.25) is 0 Å². The molecule has 0 bridgehead atoms. The number of hydrogen-bond donors (Lipinski definition) is 2. The minimum absolute atomic E-state index is 0.0293. The fourth-order valence-corrected chi connectivity index (χ4v) is 4.21. The second-order valence-electron chi connectivity index (χ2n) is 6.28. The van der Waals surface area contributed by atoms with Crippen LogP contribution >= 0.6 is 23.2 Å². The quantitative estimate of drug-likeness (QED) is 0.421. The number of halogens is 5. The lowest BCUT2D eigenvalue weighted by Gasteiger charge is -2.14. The predicted molar refractivity (Wildman–Crippen MR) is 109 cm³/mol. The number of nitrogens with zero attached hydrogens (tertiary/aromatic N) is 5. The number of aromatic amines is 1. The Morgan fingerprint density at radius 3 is 2.59 bits per heavy atom. The van der Waals surface area contributed by atoms with Crippen molar-refractivity contribution in [3.8, 4) is 17.2 Å². The van der Waals surface area contributed by atoms with Gasteiger partial charge in [-0.25, -0.2) is 13.4 Å². The highest BCUT2D eigenvalue weighted by molar-refractivity contribution is 7.92. The zero-order chi connectivity index (χ0) is 23.1. The number of aromatic nitrogens is 6. The molecule has 0 fully saturated rings. The molecule has 15 heteroatoms. The van der Waals surface area contributed by atoms with E-state index in [0.29, 0.717) is 11.8 Å². The fourth-order valence-electron chi connectivity index (χ4n) is 2.75. The topological polar surface area (TPSA) is 118 Å². The molecule has 0 saturated carbocycles. The van der Waals surface area contributed by atoms with Gasteiger partial charge in [-0.1, -0.05) is 23.2 Å². The van der Waals surface area contributed by atoms with Crippen LogP contribution in [0.1, 0.15) is 5.56 Å². The highest BCUT2D eigenvalue weighted by Crippen LogP contribution is 2.37. The largest absolute Gasteiger partial charge is 0.417 e. The van der Waals surface area contributed by atoms with E-state index in [4.69, 9.17) is 23.2 Å². The van der Waals surface area contributed by atoms with Gasteiger partial charge in [-0.15, -0.1) is 10.2 Å². The number of benzene rings is 1. The van der Waals surface area contributed by atoms with Gasteiger partial charge in [0, 0.05) is 12.4 Å². The predicted octanol–water partition coefficient (Wildman–Crippen LogP) is 4.18. The lowest BCUT2D eigenvalue weighted by Crippen LogP contribution is -2.16. The minimum atomic E-state index is -4.84. The van der Waals surface area contributed by atoms with E-state index in [1.54, 1.807) is 6.20 Å². The molecule has 0 atom stereocenters. The molecule has 9 nitrogen and oxygen atoms in total. The zero-order valence-corrected chi connectivity index (χ0v) is 17.8. The van der Waals surface area contributed by atoms with Crippen LogP contribution in [-0.4, -0.2) is 38.4 Å². The van der Waals surface area contributed by atoms with E-state index in [1.165, 1.54) is 29.4 Å². The first-order valence-corrected chi connectivity index (χ1v) is 10.7. The van der Waals surface area contributed by atoms with Crippen molar-refractivity contribution in [2.75, 3.05) is 4.72 Å². The molecule has 0 saturated heterocycles. The van der Waals surface area contributed by atoms with Crippen molar-refractivity contribution in [3.05, 3.63) is 64.8 Å². The standard InChI is InChI=1S/C17H10Cl2F3N7O2S/c18-9-3-14(15(23-5-9)16-27-26-8-29(16)10-6-24-25-7-10)28-32(30,31)11-1-2-13(19)12(4-11)17(20,21)22/h1-8,28H,(H,24,25). The Labute approximate surface area is 188 Å². The molecule has 1 aromatic carbocycles. The summed E-state index contributed by atoms with van der Waals surface area (Å²) in [5.41, 5.74) is -0.852.